The highest BCUT2D eigenvalue weighted by Gasteiger charge is 2.40. The molecule has 7 heteroatoms. The minimum atomic E-state index is -0.608. The number of fused-ring (bicyclic) bond motifs is 1. The summed E-state index contributed by atoms with van der Waals surface area (Å²) in [4.78, 5) is 28.2. The number of likely N-dealkylation sites (N-methyl/N-ethyl adjacent to an activating group) is 1. The van der Waals surface area contributed by atoms with E-state index in [1.807, 2.05) is 47.4 Å². The average molecular weight is 539 g/mol. The average Bonchev–Trinajstić information content (AvgIpc) is 3.63. The van der Waals surface area contributed by atoms with Crippen LogP contribution in [0.1, 0.15) is 51.4 Å². The van der Waals surface area contributed by atoms with Gasteiger partial charge in [-0.3, -0.25) is 9.59 Å². The number of likely N-dealkylation sites (tertiary alicyclic amines) is 1. The Kier molecular flexibility index (Phi) is 6.80. The molecule has 4 aromatic rings. The van der Waals surface area contributed by atoms with E-state index in [2.05, 4.69) is 5.32 Å². The lowest BCUT2D eigenvalue weighted by atomic mass is 9.88. The van der Waals surface area contributed by atoms with Gasteiger partial charge in [-0.1, -0.05) is 42.5 Å². The van der Waals surface area contributed by atoms with E-state index in [-0.39, 0.29) is 29.4 Å². The van der Waals surface area contributed by atoms with Gasteiger partial charge < -0.3 is 15.0 Å². The minimum absolute atomic E-state index is 0.0458. The number of benzene rings is 4. The molecular formula is C33H28F2N2O3. The SMILES string of the molecule is CNC(=O)C1c2cc(-c3cccc(C(=O)N4CCC(c5ccc(F)cc5)C4)c3)ccc2OC1c1ccc(F)cc1. The van der Waals surface area contributed by atoms with Gasteiger partial charge in [0.2, 0.25) is 5.91 Å². The molecular weight excluding hydrogens is 510 g/mol. The first-order valence-electron chi connectivity index (χ1n) is 13.3. The van der Waals surface area contributed by atoms with Crippen LogP contribution in [-0.4, -0.2) is 36.9 Å². The summed E-state index contributed by atoms with van der Waals surface area (Å²) in [5.74, 6) is -0.690. The second kappa shape index (κ2) is 10.6. The van der Waals surface area contributed by atoms with Crippen molar-refractivity contribution in [3.8, 4) is 16.9 Å². The van der Waals surface area contributed by atoms with Gasteiger partial charge in [-0.2, -0.15) is 0 Å². The number of hydrogen-bond donors (Lipinski definition) is 1. The Hall–Kier alpha value is -4.52. The first-order chi connectivity index (χ1) is 19.4. The van der Waals surface area contributed by atoms with Gasteiger partial charge in [-0.25, -0.2) is 8.78 Å². The molecule has 1 N–H and O–H groups in total. The number of halogens is 2. The van der Waals surface area contributed by atoms with Gasteiger partial charge in [0.1, 0.15) is 29.4 Å². The van der Waals surface area contributed by atoms with Crippen molar-refractivity contribution in [2.24, 2.45) is 0 Å². The molecule has 0 saturated carbocycles. The topological polar surface area (TPSA) is 58.6 Å². The Morgan fingerprint density at radius 3 is 2.23 bits per heavy atom. The summed E-state index contributed by atoms with van der Waals surface area (Å²) in [7, 11) is 1.58. The standard InChI is InChI=1S/C33H28F2N2O3/c1-36-32(38)30-28-18-23(9-14-29(28)40-31(30)21-7-12-27(35)13-8-21)22-3-2-4-24(17-22)33(39)37-16-15-25(19-37)20-5-10-26(34)11-6-20/h2-14,17-18,25,30-31H,15-16,19H2,1H3,(H,36,38). The molecule has 2 aliphatic rings. The fourth-order valence-corrected chi connectivity index (χ4v) is 5.76. The fourth-order valence-electron chi connectivity index (χ4n) is 5.76. The van der Waals surface area contributed by atoms with Gasteiger partial charge >= 0.3 is 0 Å². The highest BCUT2D eigenvalue weighted by Crippen LogP contribution is 2.47. The second-order valence-corrected chi connectivity index (χ2v) is 10.3. The normalized spacial score (nSPS) is 19.7. The van der Waals surface area contributed by atoms with Crippen molar-refractivity contribution in [2.75, 3.05) is 20.1 Å². The Balaban J connectivity index is 1.25. The van der Waals surface area contributed by atoms with Crippen LogP contribution >= 0.6 is 0 Å². The van der Waals surface area contributed by atoms with Gasteiger partial charge in [0.15, 0.2) is 0 Å². The fraction of sp³-hybridized carbons (Fsp3) is 0.212. The largest absolute Gasteiger partial charge is 0.484 e. The molecule has 0 radical (unpaired) electrons. The molecule has 4 aromatic carbocycles. The summed E-state index contributed by atoms with van der Waals surface area (Å²) in [6, 6.07) is 25.7. The summed E-state index contributed by atoms with van der Waals surface area (Å²) < 4.78 is 33.1. The molecule has 2 heterocycles. The minimum Gasteiger partial charge on any atom is -0.484 e. The third kappa shape index (κ3) is 4.83. The smallest absolute Gasteiger partial charge is 0.253 e. The summed E-state index contributed by atoms with van der Waals surface area (Å²) in [5.41, 5.74) is 4.78. The van der Waals surface area contributed by atoms with Crippen LogP contribution < -0.4 is 10.1 Å². The van der Waals surface area contributed by atoms with Gasteiger partial charge in [-0.15, -0.1) is 0 Å². The lowest BCUT2D eigenvalue weighted by Crippen LogP contribution is -2.29. The maximum atomic E-state index is 13.5. The molecule has 3 atom stereocenters. The molecule has 0 aromatic heterocycles. The van der Waals surface area contributed by atoms with E-state index in [1.54, 1.807) is 31.3 Å². The molecule has 5 nitrogen and oxygen atoms in total. The van der Waals surface area contributed by atoms with Crippen molar-refractivity contribution in [1.82, 2.24) is 10.2 Å². The number of rotatable bonds is 5. The highest BCUT2D eigenvalue weighted by atomic mass is 19.1. The molecule has 2 aliphatic heterocycles. The molecule has 2 amide bonds. The summed E-state index contributed by atoms with van der Waals surface area (Å²) in [6.07, 6.45) is 0.251. The molecule has 0 aliphatic carbocycles. The van der Waals surface area contributed by atoms with Crippen molar-refractivity contribution >= 4 is 11.8 Å². The Morgan fingerprint density at radius 2 is 1.52 bits per heavy atom. The van der Waals surface area contributed by atoms with Crippen molar-refractivity contribution in [1.29, 1.82) is 0 Å². The number of carbonyl (C=O) groups excluding carboxylic acids is 2. The second-order valence-electron chi connectivity index (χ2n) is 10.3. The van der Waals surface area contributed by atoms with Crippen molar-refractivity contribution in [3.05, 3.63) is 125 Å². The van der Waals surface area contributed by atoms with Crippen LogP contribution in [0.15, 0.2) is 91.0 Å². The molecule has 1 saturated heterocycles. The Bertz CT molecular complexity index is 1570. The predicted octanol–water partition coefficient (Wildman–Crippen LogP) is 6.22. The van der Waals surface area contributed by atoms with E-state index in [0.717, 1.165) is 28.7 Å². The van der Waals surface area contributed by atoms with Crippen LogP contribution in [0.25, 0.3) is 11.1 Å². The van der Waals surface area contributed by atoms with Crippen LogP contribution in [0.5, 0.6) is 5.75 Å². The first-order valence-corrected chi connectivity index (χ1v) is 13.3. The maximum absolute atomic E-state index is 13.5. The lowest BCUT2D eigenvalue weighted by Gasteiger charge is -2.18. The Morgan fingerprint density at radius 1 is 0.850 bits per heavy atom. The first kappa shape index (κ1) is 25.7. The summed E-state index contributed by atoms with van der Waals surface area (Å²) in [5, 5.41) is 2.73. The number of amides is 2. The Labute approximate surface area is 231 Å². The third-order valence-electron chi connectivity index (χ3n) is 7.89. The molecule has 1 fully saturated rings. The molecule has 3 unspecified atom stereocenters. The van der Waals surface area contributed by atoms with Gasteiger partial charge in [0, 0.05) is 37.2 Å². The van der Waals surface area contributed by atoms with Crippen LogP contribution in [0.2, 0.25) is 0 Å². The zero-order chi connectivity index (χ0) is 27.8. The zero-order valence-electron chi connectivity index (χ0n) is 21.9. The summed E-state index contributed by atoms with van der Waals surface area (Å²) >= 11 is 0. The monoisotopic (exact) mass is 538 g/mol. The van der Waals surface area contributed by atoms with Crippen LogP contribution in [0.4, 0.5) is 8.78 Å². The molecule has 40 heavy (non-hydrogen) atoms. The maximum Gasteiger partial charge on any atom is 0.253 e. The quantitative estimate of drug-likeness (QED) is 0.328. The summed E-state index contributed by atoms with van der Waals surface area (Å²) in [6.45, 7) is 1.23. The molecule has 0 bridgehead atoms. The molecule has 0 spiro atoms. The highest BCUT2D eigenvalue weighted by molar-refractivity contribution is 5.96. The van der Waals surface area contributed by atoms with Gasteiger partial charge in [0.25, 0.3) is 5.91 Å². The number of hydrogen-bond acceptors (Lipinski definition) is 3. The van der Waals surface area contributed by atoms with E-state index in [4.69, 9.17) is 4.74 Å². The van der Waals surface area contributed by atoms with E-state index < -0.39 is 12.0 Å². The number of ether oxygens (including phenoxy) is 1. The van der Waals surface area contributed by atoms with Crippen LogP contribution in [0, 0.1) is 11.6 Å². The van der Waals surface area contributed by atoms with E-state index >= 15 is 0 Å². The zero-order valence-corrected chi connectivity index (χ0v) is 21.9. The van der Waals surface area contributed by atoms with E-state index in [0.29, 0.717) is 30.0 Å². The molecule has 6 rings (SSSR count). The molecule has 202 valence electrons. The van der Waals surface area contributed by atoms with Gasteiger partial charge in [0.05, 0.1) is 0 Å². The number of nitrogens with zero attached hydrogens (tertiary/aromatic N) is 1. The van der Waals surface area contributed by atoms with Crippen LogP contribution in [-0.2, 0) is 4.79 Å². The van der Waals surface area contributed by atoms with Crippen molar-refractivity contribution < 1.29 is 23.1 Å². The number of carbonyl (C=O) groups is 2. The van der Waals surface area contributed by atoms with Gasteiger partial charge in [-0.05, 0) is 77.2 Å². The van der Waals surface area contributed by atoms with Crippen molar-refractivity contribution in [3.63, 3.8) is 0 Å². The van der Waals surface area contributed by atoms with E-state index in [1.165, 1.54) is 24.3 Å². The lowest BCUT2D eigenvalue weighted by molar-refractivity contribution is -0.123. The number of nitrogens with one attached hydrogen (secondary N) is 1. The third-order valence-corrected chi connectivity index (χ3v) is 7.89. The van der Waals surface area contributed by atoms with E-state index in [9.17, 15) is 18.4 Å². The predicted molar refractivity (Wildman–Crippen MR) is 148 cm³/mol. The van der Waals surface area contributed by atoms with Crippen molar-refractivity contribution in [2.45, 2.75) is 24.4 Å². The van der Waals surface area contributed by atoms with Crippen LogP contribution in [0.3, 0.4) is 0 Å².